The monoisotopic (exact) mass is 192 g/mol. The van der Waals surface area contributed by atoms with Crippen molar-refractivity contribution < 1.29 is 4.39 Å². The summed E-state index contributed by atoms with van der Waals surface area (Å²) in [6.45, 7) is 1.91. The molecule has 1 aromatic carbocycles. The normalized spacial score (nSPS) is 17.1. The zero-order chi connectivity index (χ0) is 10.1. The summed E-state index contributed by atoms with van der Waals surface area (Å²) in [6.07, 6.45) is 2.21. The molecule has 1 aromatic rings. The molecule has 0 radical (unpaired) electrons. The minimum atomic E-state index is -0.264. The molecule has 74 valence electrons. The molecule has 0 unspecified atom stereocenters. The number of amidine groups is 1. The number of hydrogen-bond donors (Lipinski definition) is 1. The van der Waals surface area contributed by atoms with Crippen LogP contribution in [0.5, 0.6) is 0 Å². The van der Waals surface area contributed by atoms with Crippen LogP contribution in [-0.4, -0.2) is 11.9 Å². The third-order valence-corrected chi connectivity index (χ3v) is 2.34. The van der Waals surface area contributed by atoms with E-state index in [0.717, 1.165) is 24.0 Å². The average Bonchev–Trinajstić information content (AvgIpc) is 2.93. The highest BCUT2D eigenvalue weighted by molar-refractivity contribution is 5.98. The molecule has 14 heavy (non-hydrogen) atoms. The number of rotatable bonds is 2. The van der Waals surface area contributed by atoms with Crippen LogP contribution in [0.2, 0.25) is 0 Å². The van der Waals surface area contributed by atoms with Crippen molar-refractivity contribution in [3.8, 4) is 0 Å². The van der Waals surface area contributed by atoms with Crippen molar-refractivity contribution in [2.75, 3.05) is 0 Å². The second-order valence-electron chi connectivity index (χ2n) is 3.70. The van der Waals surface area contributed by atoms with Gasteiger partial charge in [0.2, 0.25) is 0 Å². The summed E-state index contributed by atoms with van der Waals surface area (Å²) in [5.74, 6) is 0.198. The Balaban J connectivity index is 2.33. The minimum Gasteiger partial charge on any atom is -0.383 e. The first-order chi connectivity index (χ1) is 6.66. The van der Waals surface area contributed by atoms with Crippen molar-refractivity contribution in [1.82, 2.24) is 0 Å². The number of benzene rings is 1. The lowest BCUT2D eigenvalue weighted by molar-refractivity contribution is 0.627. The number of aryl methyl sites for hydroxylation is 1. The molecule has 0 heterocycles. The Hall–Kier alpha value is -1.38. The summed E-state index contributed by atoms with van der Waals surface area (Å²) < 4.78 is 13.0. The van der Waals surface area contributed by atoms with E-state index in [1.54, 1.807) is 6.07 Å². The molecule has 0 aromatic heterocycles. The number of halogens is 1. The zero-order valence-corrected chi connectivity index (χ0v) is 8.13. The van der Waals surface area contributed by atoms with Crippen molar-refractivity contribution >= 4 is 5.84 Å². The first-order valence-electron chi connectivity index (χ1n) is 4.76. The van der Waals surface area contributed by atoms with Gasteiger partial charge in [0.15, 0.2) is 0 Å². The second kappa shape index (κ2) is 3.40. The van der Waals surface area contributed by atoms with E-state index in [-0.39, 0.29) is 5.82 Å². The van der Waals surface area contributed by atoms with Crippen molar-refractivity contribution in [3.05, 3.63) is 35.1 Å². The van der Waals surface area contributed by atoms with E-state index in [1.807, 2.05) is 6.92 Å². The van der Waals surface area contributed by atoms with E-state index in [0.29, 0.717) is 11.9 Å². The maximum absolute atomic E-state index is 13.0. The summed E-state index contributed by atoms with van der Waals surface area (Å²) >= 11 is 0. The summed E-state index contributed by atoms with van der Waals surface area (Å²) in [6, 6.07) is 4.97. The Morgan fingerprint density at radius 3 is 2.86 bits per heavy atom. The van der Waals surface area contributed by atoms with Gasteiger partial charge < -0.3 is 5.73 Å². The van der Waals surface area contributed by atoms with Crippen LogP contribution in [0.15, 0.2) is 23.2 Å². The molecule has 1 aliphatic rings. The van der Waals surface area contributed by atoms with E-state index in [2.05, 4.69) is 4.99 Å². The van der Waals surface area contributed by atoms with Crippen LogP contribution in [0.4, 0.5) is 4.39 Å². The quantitative estimate of drug-likeness (QED) is 0.565. The smallest absolute Gasteiger partial charge is 0.126 e. The Labute approximate surface area is 82.7 Å². The fourth-order valence-electron chi connectivity index (χ4n) is 1.34. The molecule has 2 rings (SSSR count). The van der Waals surface area contributed by atoms with Gasteiger partial charge in [-0.15, -0.1) is 0 Å². The summed E-state index contributed by atoms with van der Waals surface area (Å²) in [5.41, 5.74) is 7.47. The van der Waals surface area contributed by atoms with Crippen LogP contribution in [0, 0.1) is 12.7 Å². The van der Waals surface area contributed by atoms with Crippen molar-refractivity contribution in [1.29, 1.82) is 0 Å². The van der Waals surface area contributed by atoms with Gasteiger partial charge in [-0.25, -0.2) is 4.39 Å². The molecule has 2 nitrogen and oxygen atoms in total. The minimum absolute atomic E-state index is 0.264. The number of nitrogens with zero attached hydrogens (tertiary/aromatic N) is 1. The van der Waals surface area contributed by atoms with Gasteiger partial charge in [0.1, 0.15) is 11.7 Å². The predicted molar refractivity (Wildman–Crippen MR) is 54.9 cm³/mol. The van der Waals surface area contributed by atoms with Gasteiger partial charge in [0, 0.05) is 5.56 Å². The van der Waals surface area contributed by atoms with Gasteiger partial charge in [-0.3, -0.25) is 4.99 Å². The van der Waals surface area contributed by atoms with Crippen LogP contribution in [0.3, 0.4) is 0 Å². The van der Waals surface area contributed by atoms with E-state index >= 15 is 0 Å². The highest BCUT2D eigenvalue weighted by Gasteiger charge is 2.21. The average molecular weight is 192 g/mol. The molecular weight excluding hydrogens is 179 g/mol. The molecule has 0 atom stereocenters. The topological polar surface area (TPSA) is 38.4 Å². The van der Waals surface area contributed by atoms with E-state index in [1.165, 1.54) is 12.1 Å². The van der Waals surface area contributed by atoms with Gasteiger partial charge >= 0.3 is 0 Å². The third-order valence-electron chi connectivity index (χ3n) is 2.34. The first-order valence-corrected chi connectivity index (χ1v) is 4.76. The molecule has 1 saturated carbocycles. The zero-order valence-electron chi connectivity index (χ0n) is 8.13. The largest absolute Gasteiger partial charge is 0.383 e. The molecule has 0 saturated heterocycles. The molecule has 1 fully saturated rings. The van der Waals surface area contributed by atoms with Crippen LogP contribution >= 0.6 is 0 Å². The van der Waals surface area contributed by atoms with Crippen molar-refractivity contribution in [3.63, 3.8) is 0 Å². The molecule has 0 amide bonds. The van der Waals surface area contributed by atoms with E-state index < -0.39 is 0 Å². The Morgan fingerprint density at radius 2 is 2.21 bits per heavy atom. The van der Waals surface area contributed by atoms with Gasteiger partial charge in [0.05, 0.1) is 6.04 Å². The molecule has 2 N–H and O–H groups in total. The summed E-state index contributed by atoms with van der Waals surface area (Å²) in [4.78, 5) is 4.29. The molecule has 0 aliphatic heterocycles. The van der Waals surface area contributed by atoms with Crippen LogP contribution in [0.25, 0.3) is 0 Å². The van der Waals surface area contributed by atoms with Crippen LogP contribution < -0.4 is 5.73 Å². The molecule has 0 bridgehead atoms. The molecule has 1 aliphatic carbocycles. The third kappa shape index (κ3) is 1.92. The van der Waals surface area contributed by atoms with E-state index in [9.17, 15) is 4.39 Å². The molecule has 3 heteroatoms. The first kappa shape index (κ1) is 9.19. The number of aliphatic imine (C=N–C) groups is 1. The highest BCUT2D eigenvalue weighted by atomic mass is 19.1. The molecular formula is C11H13FN2. The lowest BCUT2D eigenvalue weighted by Crippen LogP contribution is -2.16. The number of nitrogens with two attached hydrogens (primary N) is 1. The lowest BCUT2D eigenvalue weighted by atomic mass is 10.1. The molecule has 0 spiro atoms. The van der Waals surface area contributed by atoms with Crippen LogP contribution in [-0.2, 0) is 0 Å². The van der Waals surface area contributed by atoms with Crippen molar-refractivity contribution in [2.24, 2.45) is 10.7 Å². The van der Waals surface area contributed by atoms with Gasteiger partial charge in [-0.1, -0.05) is 6.07 Å². The van der Waals surface area contributed by atoms with E-state index in [4.69, 9.17) is 5.73 Å². The maximum Gasteiger partial charge on any atom is 0.126 e. The highest BCUT2D eigenvalue weighted by Crippen LogP contribution is 2.24. The lowest BCUT2D eigenvalue weighted by Gasteiger charge is -2.04. The second-order valence-corrected chi connectivity index (χ2v) is 3.70. The standard InChI is InChI=1S/C11H13FN2/c1-7-2-3-8(12)6-10(7)11(13)14-9-4-5-9/h2-3,6,9H,4-5H2,1H3,(H2,13,14). The fourth-order valence-corrected chi connectivity index (χ4v) is 1.34. The predicted octanol–water partition coefficient (Wildman–Crippen LogP) is 2.00. The van der Waals surface area contributed by atoms with Gasteiger partial charge in [0.25, 0.3) is 0 Å². The van der Waals surface area contributed by atoms with Gasteiger partial charge in [-0.05, 0) is 37.5 Å². The Bertz CT molecular complexity index is 381. The Kier molecular flexibility index (Phi) is 2.23. The maximum atomic E-state index is 13.0. The fraction of sp³-hybridized carbons (Fsp3) is 0.364. The van der Waals surface area contributed by atoms with Crippen molar-refractivity contribution in [2.45, 2.75) is 25.8 Å². The SMILES string of the molecule is Cc1ccc(F)cc1C(N)=NC1CC1. The Morgan fingerprint density at radius 1 is 1.50 bits per heavy atom. The number of hydrogen-bond acceptors (Lipinski definition) is 1. The summed E-state index contributed by atoms with van der Waals surface area (Å²) in [7, 11) is 0. The summed E-state index contributed by atoms with van der Waals surface area (Å²) in [5, 5.41) is 0. The van der Waals surface area contributed by atoms with Gasteiger partial charge in [-0.2, -0.15) is 0 Å². The van der Waals surface area contributed by atoms with Crippen LogP contribution in [0.1, 0.15) is 24.0 Å².